The van der Waals surface area contributed by atoms with Crippen molar-refractivity contribution in [3.63, 3.8) is 0 Å². The summed E-state index contributed by atoms with van der Waals surface area (Å²) in [5.74, 6) is 0.442. The summed E-state index contributed by atoms with van der Waals surface area (Å²) in [4.78, 5) is 14.3. The molecule has 6 heteroatoms. The van der Waals surface area contributed by atoms with E-state index in [4.69, 9.17) is 0 Å². The van der Waals surface area contributed by atoms with Gasteiger partial charge < -0.3 is 15.5 Å². The Hall–Kier alpha value is -1.37. The number of hydrogen-bond acceptors (Lipinski definition) is 2. The topological polar surface area (TPSA) is 44.4 Å². The molecule has 1 fully saturated rings. The van der Waals surface area contributed by atoms with Gasteiger partial charge in [-0.25, -0.2) is 4.79 Å². The number of nitrogens with zero attached hydrogens (tertiary/aromatic N) is 2. The zero-order chi connectivity index (χ0) is 19.3. The highest BCUT2D eigenvalue weighted by atomic mass is 79.9. The van der Waals surface area contributed by atoms with Crippen LogP contribution < -0.4 is 15.1 Å². The first-order valence-electron chi connectivity index (χ1n) is 10.0. The van der Waals surface area contributed by atoms with Gasteiger partial charge in [0.25, 0.3) is 0 Å². The molecule has 3 atom stereocenters. The number of halogens is 1. The van der Waals surface area contributed by atoms with E-state index >= 15 is 0 Å². The van der Waals surface area contributed by atoms with E-state index in [-0.39, 0.29) is 12.1 Å². The Labute approximate surface area is 170 Å². The quantitative estimate of drug-likeness (QED) is 0.564. The summed E-state index contributed by atoms with van der Waals surface area (Å²) < 4.78 is 2.06. The lowest BCUT2D eigenvalue weighted by molar-refractivity contribution is 0.191. The summed E-state index contributed by atoms with van der Waals surface area (Å²) in [5.41, 5.74) is 5.70. The highest BCUT2D eigenvalue weighted by Crippen LogP contribution is 2.54. The Morgan fingerprint density at radius 3 is 2.78 bits per heavy atom. The SMILES string of the molecule is CCN(CC)C(=O)N[C@@H]1CN[C@@H]2CC3=C(Br)[N+](C)(C)c4cccc(c43)C2C1. The van der Waals surface area contributed by atoms with Gasteiger partial charge in [-0.2, -0.15) is 0 Å². The van der Waals surface area contributed by atoms with Crippen LogP contribution in [0.4, 0.5) is 10.5 Å². The number of hydrogen-bond donors (Lipinski definition) is 2. The standard InChI is InChI=1S/C21H29BrN4O/c1-5-25(6-2)21(27)24-13-10-15-14-8-7-9-18-19(14)16(11-17(15)23-12-13)20(22)26(18,3)4/h7-9,13,15,17,23H,5-6,10-12H2,1-4H3/p+1/t13-,15?,17+/m0/s1. The van der Waals surface area contributed by atoms with Gasteiger partial charge in [0, 0.05) is 70.8 Å². The summed E-state index contributed by atoms with van der Waals surface area (Å²) >= 11 is 3.89. The summed E-state index contributed by atoms with van der Waals surface area (Å²) in [5, 5.41) is 6.98. The van der Waals surface area contributed by atoms with Crippen LogP contribution in [0.5, 0.6) is 0 Å². The minimum absolute atomic E-state index is 0.0560. The number of nitrogens with one attached hydrogen (secondary N) is 2. The Bertz CT molecular complexity index is 799. The molecule has 1 aromatic carbocycles. The smallest absolute Gasteiger partial charge is 0.317 e. The number of amides is 2. The summed E-state index contributed by atoms with van der Waals surface area (Å²) in [6.45, 7) is 6.38. The van der Waals surface area contributed by atoms with Crippen molar-refractivity contribution >= 4 is 33.2 Å². The maximum atomic E-state index is 12.5. The average molecular weight is 434 g/mol. The van der Waals surface area contributed by atoms with Crippen LogP contribution in [0.3, 0.4) is 0 Å². The van der Waals surface area contributed by atoms with Gasteiger partial charge in [0.1, 0.15) is 5.69 Å². The fourth-order valence-electron chi connectivity index (χ4n) is 5.05. The molecule has 146 valence electrons. The van der Waals surface area contributed by atoms with E-state index in [2.05, 4.69) is 58.9 Å². The van der Waals surface area contributed by atoms with Gasteiger partial charge in [-0.15, -0.1) is 0 Å². The number of piperidine rings is 1. The minimum Gasteiger partial charge on any atom is -0.334 e. The number of rotatable bonds is 3. The summed E-state index contributed by atoms with van der Waals surface area (Å²) in [7, 11) is 4.49. The Kier molecular flexibility index (Phi) is 4.85. The fraction of sp³-hybridized carbons (Fsp3) is 0.571. The van der Waals surface area contributed by atoms with E-state index in [9.17, 15) is 4.79 Å². The van der Waals surface area contributed by atoms with Crippen molar-refractivity contribution in [3.8, 4) is 0 Å². The lowest BCUT2D eigenvalue weighted by Crippen LogP contribution is -2.55. The first-order chi connectivity index (χ1) is 12.9. The normalized spacial score (nSPS) is 27.8. The Morgan fingerprint density at radius 2 is 2.07 bits per heavy atom. The van der Waals surface area contributed by atoms with E-state index in [1.165, 1.54) is 27.0 Å². The van der Waals surface area contributed by atoms with Crippen molar-refractivity contribution < 1.29 is 4.79 Å². The third kappa shape index (κ3) is 2.93. The number of benzene rings is 1. The molecule has 5 nitrogen and oxygen atoms in total. The van der Waals surface area contributed by atoms with Crippen LogP contribution >= 0.6 is 15.9 Å². The molecule has 2 heterocycles. The second-order valence-electron chi connectivity index (χ2n) is 8.34. The summed E-state index contributed by atoms with van der Waals surface area (Å²) in [6, 6.07) is 7.40. The Balaban J connectivity index is 1.61. The van der Waals surface area contributed by atoms with Crippen LogP contribution in [-0.4, -0.2) is 56.7 Å². The molecule has 3 aliphatic rings. The van der Waals surface area contributed by atoms with E-state index in [1.807, 2.05) is 18.7 Å². The molecular formula is C21H30BrN4O+. The number of carbonyl (C=O) groups excluding carboxylic acids is 1. The molecule has 0 aromatic heterocycles. The van der Waals surface area contributed by atoms with Crippen LogP contribution in [0.1, 0.15) is 43.7 Å². The van der Waals surface area contributed by atoms with Gasteiger partial charge in [-0.1, -0.05) is 12.1 Å². The first-order valence-corrected chi connectivity index (χ1v) is 10.8. The average Bonchev–Trinajstić information content (AvgIpc) is 2.85. The predicted molar refractivity (Wildman–Crippen MR) is 115 cm³/mol. The van der Waals surface area contributed by atoms with Gasteiger partial charge in [0.15, 0.2) is 4.61 Å². The molecule has 4 rings (SSSR count). The largest absolute Gasteiger partial charge is 0.334 e. The molecule has 1 aromatic rings. The van der Waals surface area contributed by atoms with Gasteiger partial charge in [-0.05, 0) is 32.3 Å². The van der Waals surface area contributed by atoms with E-state index in [1.54, 1.807) is 0 Å². The van der Waals surface area contributed by atoms with Crippen LogP contribution in [0.2, 0.25) is 0 Å². The maximum absolute atomic E-state index is 12.5. The molecule has 1 unspecified atom stereocenters. The van der Waals surface area contributed by atoms with E-state index in [0.29, 0.717) is 12.0 Å². The van der Waals surface area contributed by atoms with Crippen molar-refractivity contribution in [2.45, 2.75) is 44.7 Å². The van der Waals surface area contributed by atoms with Crippen LogP contribution in [0.25, 0.3) is 5.57 Å². The number of carbonyl (C=O) groups is 1. The minimum atomic E-state index is 0.0560. The molecule has 1 aliphatic carbocycles. The lowest BCUT2D eigenvalue weighted by Gasteiger charge is -2.41. The molecule has 2 aliphatic heterocycles. The van der Waals surface area contributed by atoms with Crippen LogP contribution in [-0.2, 0) is 0 Å². The fourth-order valence-corrected chi connectivity index (χ4v) is 5.60. The van der Waals surface area contributed by atoms with Gasteiger partial charge >= 0.3 is 6.03 Å². The van der Waals surface area contributed by atoms with Crippen molar-refractivity contribution in [3.05, 3.63) is 33.9 Å². The van der Waals surface area contributed by atoms with Crippen molar-refractivity contribution in [2.24, 2.45) is 0 Å². The van der Waals surface area contributed by atoms with Crippen molar-refractivity contribution in [2.75, 3.05) is 33.7 Å². The molecule has 0 bridgehead atoms. The zero-order valence-electron chi connectivity index (χ0n) is 16.7. The van der Waals surface area contributed by atoms with Crippen LogP contribution in [0, 0.1) is 0 Å². The molecule has 27 heavy (non-hydrogen) atoms. The molecule has 2 N–H and O–H groups in total. The van der Waals surface area contributed by atoms with E-state index < -0.39 is 0 Å². The third-order valence-electron chi connectivity index (χ3n) is 6.57. The van der Waals surface area contributed by atoms with Crippen molar-refractivity contribution in [1.82, 2.24) is 20.0 Å². The van der Waals surface area contributed by atoms with Gasteiger partial charge in [0.2, 0.25) is 0 Å². The molecule has 0 radical (unpaired) electrons. The summed E-state index contributed by atoms with van der Waals surface area (Å²) in [6.07, 6.45) is 2.05. The number of urea groups is 1. The molecular weight excluding hydrogens is 404 g/mol. The van der Waals surface area contributed by atoms with Crippen molar-refractivity contribution in [1.29, 1.82) is 0 Å². The predicted octanol–water partition coefficient (Wildman–Crippen LogP) is 3.60. The molecule has 0 saturated carbocycles. The van der Waals surface area contributed by atoms with Gasteiger partial charge in [-0.3, -0.25) is 4.48 Å². The number of quaternary nitrogens is 1. The molecule has 0 spiro atoms. The Morgan fingerprint density at radius 1 is 1.33 bits per heavy atom. The number of fused-ring (bicyclic) bond motifs is 2. The second kappa shape index (κ2) is 6.90. The second-order valence-corrected chi connectivity index (χ2v) is 9.10. The monoisotopic (exact) mass is 433 g/mol. The third-order valence-corrected chi connectivity index (χ3v) is 7.94. The van der Waals surface area contributed by atoms with E-state index in [0.717, 1.165) is 37.0 Å². The highest BCUT2D eigenvalue weighted by Gasteiger charge is 2.47. The maximum Gasteiger partial charge on any atom is 0.317 e. The van der Waals surface area contributed by atoms with Crippen LogP contribution in [0.15, 0.2) is 22.8 Å². The first kappa shape index (κ1) is 19.0. The lowest BCUT2D eigenvalue weighted by atomic mass is 9.72. The zero-order valence-corrected chi connectivity index (χ0v) is 18.3. The molecule has 2 amide bonds. The molecule has 1 saturated heterocycles. The van der Waals surface area contributed by atoms with Gasteiger partial charge in [0.05, 0.1) is 14.1 Å². The highest BCUT2D eigenvalue weighted by molar-refractivity contribution is 9.11.